The van der Waals surface area contributed by atoms with Crippen molar-refractivity contribution in [3.05, 3.63) is 77.3 Å². The SMILES string of the molecule is CCc1c(NC[C@H](NC(=O)/C=C/c2ccccc2)C(=O)O)ncnc1N1CCC(c2ccc3c(n2)NCCC3)CC1. The van der Waals surface area contributed by atoms with E-state index in [1.807, 2.05) is 37.3 Å². The lowest BCUT2D eigenvalue weighted by Gasteiger charge is -2.34. The molecule has 2 aromatic heterocycles. The third kappa shape index (κ3) is 7.00. The van der Waals surface area contributed by atoms with Crippen LogP contribution in [0.25, 0.3) is 6.08 Å². The second-order valence-corrected chi connectivity index (χ2v) is 10.4. The summed E-state index contributed by atoms with van der Waals surface area (Å²) in [6, 6.07) is 12.6. The van der Waals surface area contributed by atoms with E-state index in [1.54, 1.807) is 6.08 Å². The summed E-state index contributed by atoms with van der Waals surface area (Å²) in [5.74, 6) is 1.29. The topological polar surface area (TPSA) is 132 Å². The summed E-state index contributed by atoms with van der Waals surface area (Å²) in [5.41, 5.74) is 4.24. The summed E-state index contributed by atoms with van der Waals surface area (Å²) in [5, 5.41) is 18.9. The van der Waals surface area contributed by atoms with E-state index in [2.05, 4.69) is 43.0 Å². The Labute approximate surface area is 240 Å². The van der Waals surface area contributed by atoms with Gasteiger partial charge in [-0.05, 0) is 55.4 Å². The lowest BCUT2D eigenvalue weighted by molar-refractivity contribution is -0.140. The number of aliphatic carboxylic acids is 1. The Kier molecular flexibility index (Phi) is 9.08. The standard InChI is InChI=1S/C31H37N7O3/c1-2-24-29(33-19-26(31(40)41)36-27(39)13-10-21-7-4-3-5-8-21)34-20-35-30(24)38-17-14-22(15-18-38)25-12-11-23-9-6-16-32-28(23)37-25/h3-5,7-8,10-13,20,22,26H,2,6,9,14-19H2,1H3,(H,32,37)(H,36,39)(H,40,41)(H,33,34,35)/b13-10+/t26-/m0/s1. The van der Waals surface area contributed by atoms with Crippen molar-refractivity contribution >= 4 is 35.4 Å². The van der Waals surface area contributed by atoms with E-state index >= 15 is 0 Å². The highest BCUT2D eigenvalue weighted by molar-refractivity contribution is 5.94. The van der Waals surface area contributed by atoms with Gasteiger partial charge in [-0.1, -0.05) is 43.3 Å². The molecular weight excluding hydrogens is 518 g/mol. The molecule has 1 saturated heterocycles. The summed E-state index contributed by atoms with van der Waals surface area (Å²) in [6.07, 6.45) is 9.37. The minimum Gasteiger partial charge on any atom is -0.480 e. The summed E-state index contributed by atoms with van der Waals surface area (Å²) < 4.78 is 0. The highest BCUT2D eigenvalue weighted by Crippen LogP contribution is 2.33. The van der Waals surface area contributed by atoms with E-state index < -0.39 is 17.9 Å². The van der Waals surface area contributed by atoms with Crippen LogP contribution in [-0.2, 0) is 22.4 Å². The summed E-state index contributed by atoms with van der Waals surface area (Å²) in [6.45, 7) is 4.71. The van der Waals surface area contributed by atoms with E-state index in [-0.39, 0.29) is 6.54 Å². The second-order valence-electron chi connectivity index (χ2n) is 10.4. The van der Waals surface area contributed by atoms with Crippen LogP contribution >= 0.6 is 0 Å². The average Bonchev–Trinajstić information content (AvgIpc) is 3.02. The van der Waals surface area contributed by atoms with E-state index in [4.69, 9.17) is 4.98 Å². The van der Waals surface area contributed by atoms with Crippen molar-refractivity contribution in [1.29, 1.82) is 0 Å². The molecule has 1 aromatic carbocycles. The van der Waals surface area contributed by atoms with Gasteiger partial charge < -0.3 is 26.0 Å². The van der Waals surface area contributed by atoms with Crippen LogP contribution in [0.3, 0.4) is 0 Å². The minimum atomic E-state index is -1.13. The van der Waals surface area contributed by atoms with Crippen LogP contribution in [0.4, 0.5) is 17.5 Å². The van der Waals surface area contributed by atoms with Gasteiger partial charge >= 0.3 is 5.97 Å². The Balaban J connectivity index is 1.20. The predicted molar refractivity (Wildman–Crippen MR) is 160 cm³/mol. The number of carboxylic acids is 1. The maximum Gasteiger partial charge on any atom is 0.328 e. The first-order valence-electron chi connectivity index (χ1n) is 14.3. The fraction of sp³-hybridized carbons (Fsp3) is 0.387. The van der Waals surface area contributed by atoms with Crippen molar-refractivity contribution in [2.45, 2.75) is 51.0 Å². The largest absolute Gasteiger partial charge is 0.480 e. The quantitative estimate of drug-likeness (QED) is 0.275. The van der Waals surface area contributed by atoms with Crippen LogP contribution in [0.15, 0.2) is 54.9 Å². The summed E-state index contributed by atoms with van der Waals surface area (Å²) in [4.78, 5) is 40.5. The molecule has 2 aliphatic rings. The molecule has 1 atom stereocenters. The molecule has 0 unspecified atom stereocenters. The number of benzene rings is 1. The van der Waals surface area contributed by atoms with E-state index in [9.17, 15) is 14.7 Å². The van der Waals surface area contributed by atoms with Gasteiger partial charge in [0.1, 0.15) is 29.8 Å². The molecule has 10 nitrogen and oxygen atoms in total. The number of piperidine rings is 1. The molecule has 0 aliphatic carbocycles. The Bertz CT molecular complexity index is 1390. The molecular formula is C31H37N7O3. The number of hydrogen-bond donors (Lipinski definition) is 4. The number of nitrogens with zero attached hydrogens (tertiary/aromatic N) is 4. The number of pyridine rings is 1. The fourth-order valence-corrected chi connectivity index (χ4v) is 5.47. The van der Waals surface area contributed by atoms with Gasteiger partial charge in [0.15, 0.2) is 0 Å². The zero-order valence-electron chi connectivity index (χ0n) is 23.3. The van der Waals surface area contributed by atoms with Gasteiger partial charge in [0.2, 0.25) is 5.91 Å². The van der Waals surface area contributed by atoms with E-state index in [0.29, 0.717) is 18.2 Å². The zero-order valence-corrected chi connectivity index (χ0v) is 23.3. The van der Waals surface area contributed by atoms with Gasteiger partial charge in [-0.2, -0.15) is 0 Å². The lowest BCUT2D eigenvalue weighted by Crippen LogP contribution is -2.45. The molecule has 4 N–H and O–H groups in total. The van der Waals surface area contributed by atoms with Crippen molar-refractivity contribution in [3.8, 4) is 0 Å². The van der Waals surface area contributed by atoms with Crippen LogP contribution in [-0.4, -0.2) is 64.2 Å². The Morgan fingerprint density at radius 3 is 2.71 bits per heavy atom. The number of carboxylic acid groups (broad SMARTS) is 1. The molecule has 0 bridgehead atoms. The number of anilines is 3. The summed E-state index contributed by atoms with van der Waals surface area (Å²) >= 11 is 0. The van der Waals surface area contributed by atoms with Crippen LogP contribution < -0.4 is 20.9 Å². The summed E-state index contributed by atoms with van der Waals surface area (Å²) in [7, 11) is 0. The third-order valence-electron chi connectivity index (χ3n) is 7.72. The molecule has 214 valence electrons. The first-order valence-corrected chi connectivity index (χ1v) is 14.3. The Morgan fingerprint density at radius 1 is 1.15 bits per heavy atom. The van der Waals surface area contributed by atoms with Crippen LogP contribution in [0.5, 0.6) is 0 Å². The van der Waals surface area contributed by atoms with Crippen molar-refractivity contribution in [2.75, 3.05) is 41.7 Å². The van der Waals surface area contributed by atoms with Crippen molar-refractivity contribution in [1.82, 2.24) is 20.3 Å². The fourth-order valence-electron chi connectivity index (χ4n) is 5.47. The molecule has 2 aliphatic heterocycles. The second kappa shape index (κ2) is 13.3. The molecule has 0 saturated carbocycles. The number of aromatic nitrogens is 3. The molecule has 5 rings (SSSR count). The predicted octanol–water partition coefficient (Wildman–Crippen LogP) is 3.87. The van der Waals surface area contributed by atoms with E-state index in [0.717, 1.165) is 73.8 Å². The molecule has 1 amide bonds. The average molecular weight is 556 g/mol. The number of rotatable bonds is 10. The molecule has 41 heavy (non-hydrogen) atoms. The molecule has 10 heteroatoms. The first kappa shape index (κ1) is 28.1. The zero-order chi connectivity index (χ0) is 28.6. The number of carbonyl (C=O) groups is 2. The van der Waals surface area contributed by atoms with Gasteiger partial charge in [0.25, 0.3) is 0 Å². The molecule has 3 aromatic rings. The van der Waals surface area contributed by atoms with Gasteiger partial charge in [-0.3, -0.25) is 4.79 Å². The van der Waals surface area contributed by atoms with Crippen LogP contribution in [0, 0.1) is 0 Å². The maximum atomic E-state index is 12.4. The number of amides is 1. The minimum absolute atomic E-state index is 0.0101. The molecule has 0 radical (unpaired) electrons. The third-order valence-corrected chi connectivity index (χ3v) is 7.72. The van der Waals surface area contributed by atoms with E-state index in [1.165, 1.54) is 18.0 Å². The normalized spacial score (nSPS) is 16.1. The number of hydrogen-bond acceptors (Lipinski definition) is 8. The van der Waals surface area contributed by atoms with Gasteiger partial charge in [-0.25, -0.2) is 19.7 Å². The van der Waals surface area contributed by atoms with Crippen LogP contribution in [0.1, 0.15) is 54.5 Å². The van der Waals surface area contributed by atoms with Crippen molar-refractivity contribution in [3.63, 3.8) is 0 Å². The number of fused-ring (bicyclic) bond motifs is 1. The van der Waals surface area contributed by atoms with Crippen molar-refractivity contribution in [2.24, 2.45) is 0 Å². The van der Waals surface area contributed by atoms with Gasteiger partial charge in [0.05, 0.1) is 0 Å². The monoisotopic (exact) mass is 555 g/mol. The number of nitrogens with one attached hydrogen (secondary N) is 3. The number of carbonyl (C=O) groups excluding carboxylic acids is 1. The van der Waals surface area contributed by atoms with Gasteiger partial charge in [0, 0.05) is 49.4 Å². The van der Waals surface area contributed by atoms with Gasteiger partial charge in [-0.15, -0.1) is 0 Å². The molecule has 1 fully saturated rings. The van der Waals surface area contributed by atoms with Crippen molar-refractivity contribution < 1.29 is 14.7 Å². The molecule has 4 heterocycles. The Hall–Kier alpha value is -4.47. The first-order chi connectivity index (χ1) is 20.0. The highest BCUT2D eigenvalue weighted by atomic mass is 16.4. The maximum absolute atomic E-state index is 12.4. The lowest BCUT2D eigenvalue weighted by atomic mass is 9.92. The Morgan fingerprint density at radius 2 is 1.95 bits per heavy atom. The smallest absolute Gasteiger partial charge is 0.328 e. The number of aryl methyl sites for hydroxylation is 1. The van der Waals surface area contributed by atoms with Crippen LogP contribution in [0.2, 0.25) is 0 Å². The highest BCUT2D eigenvalue weighted by Gasteiger charge is 2.26. The molecule has 0 spiro atoms.